The lowest BCUT2D eigenvalue weighted by Crippen LogP contribution is -2.44. The zero-order valence-corrected chi connectivity index (χ0v) is 23.1. The van der Waals surface area contributed by atoms with Gasteiger partial charge in [-0.2, -0.15) is 4.98 Å². The van der Waals surface area contributed by atoms with Gasteiger partial charge in [0.15, 0.2) is 17.3 Å². The minimum Gasteiger partial charge on any atom is -0.453 e. The normalized spacial score (nSPS) is 19.3. The number of benzene rings is 1. The molecular weight excluding hydrogens is 522 g/mol. The van der Waals surface area contributed by atoms with E-state index in [2.05, 4.69) is 44.5 Å². The number of aromatic nitrogens is 5. The summed E-state index contributed by atoms with van der Waals surface area (Å²) < 4.78 is 14.8. The van der Waals surface area contributed by atoms with Crippen LogP contribution in [0.5, 0.6) is 0 Å². The summed E-state index contributed by atoms with van der Waals surface area (Å²) >= 11 is 0. The number of nitrogens with zero attached hydrogens (tertiary/aromatic N) is 6. The first kappa shape index (κ1) is 26.2. The van der Waals surface area contributed by atoms with Crippen LogP contribution in [0.3, 0.4) is 0 Å². The van der Waals surface area contributed by atoms with Gasteiger partial charge in [-0.05, 0) is 56.5 Å². The fourth-order valence-corrected chi connectivity index (χ4v) is 6.33. The molecule has 1 aromatic heterocycles. The first-order valence-electron chi connectivity index (χ1n) is 14.8. The van der Waals surface area contributed by atoms with E-state index in [0.717, 1.165) is 77.2 Å². The highest BCUT2D eigenvalue weighted by molar-refractivity contribution is 5.63. The first-order valence-corrected chi connectivity index (χ1v) is 14.8. The fraction of sp³-hybridized carbons (Fsp3) is 0.500. The van der Waals surface area contributed by atoms with Gasteiger partial charge in [0.1, 0.15) is 5.76 Å². The minimum absolute atomic E-state index is 0.0636. The summed E-state index contributed by atoms with van der Waals surface area (Å²) in [5.41, 5.74) is 1.45. The molecule has 1 saturated carbocycles. The molecule has 214 valence electrons. The Morgan fingerprint density at radius 1 is 0.854 bits per heavy atom. The third-order valence-electron chi connectivity index (χ3n) is 8.60. The minimum atomic E-state index is -0.519. The molecule has 0 bridgehead atoms. The molecule has 4 aliphatic heterocycles. The molecule has 0 amide bonds. The second-order valence-electron chi connectivity index (χ2n) is 11.3. The van der Waals surface area contributed by atoms with Crippen LogP contribution in [0.2, 0.25) is 0 Å². The van der Waals surface area contributed by atoms with Crippen LogP contribution in [0.4, 0.5) is 0 Å². The van der Waals surface area contributed by atoms with Crippen molar-refractivity contribution in [2.45, 2.75) is 57.2 Å². The first-order chi connectivity index (χ1) is 20.1. The van der Waals surface area contributed by atoms with Crippen molar-refractivity contribution < 1.29 is 9.15 Å². The maximum atomic E-state index is 13.8. The predicted molar refractivity (Wildman–Crippen MR) is 153 cm³/mol. The molecule has 5 heterocycles. The number of piperidine rings is 1. The molecule has 5 aliphatic rings. The number of morpholine rings is 1. The molecule has 11 nitrogen and oxygen atoms in total. The topological polar surface area (TPSA) is 120 Å². The predicted octanol–water partition coefficient (Wildman–Crippen LogP) is 3.10. The molecule has 1 N–H and O–H groups in total. The van der Waals surface area contributed by atoms with Crippen LogP contribution >= 0.6 is 0 Å². The van der Waals surface area contributed by atoms with Gasteiger partial charge in [0.05, 0.1) is 19.3 Å². The number of furan rings is 1. The van der Waals surface area contributed by atoms with Gasteiger partial charge in [-0.1, -0.05) is 37.1 Å². The second kappa shape index (κ2) is 11.3. The average molecular weight is 558 g/mol. The molecule has 0 spiro atoms. The number of fused-ring (bicyclic) bond motifs is 1. The maximum Gasteiger partial charge on any atom is 0.352 e. The van der Waals surface area contributed by atoms with Gasteiger partial charge in [-0.15, -0.1) is 5.10 Å². The van der Waals surface area contributed by atoms with Crippen LogP contribution in [0.25, 0.3) is 34.4 Å². The molecule has 0 atom stereocenters. The Bertz CT molecular complexity index is 1590. The van der Waals surface area contributed by atoms with E-state index in [-0.39, 0.29) is 23.6 Å². The third kappa shape index (κ3) is 5.25. The van der Waals surface area contributed by atoms with Gasteiger partial charge >= 0.3 is 5.69 Å². The van der Waals surface area contributed by atoms with Crippen molar-refractivity contribution >= 4 is 0 Å². The van der Waals surface area contributed by atoms with Gasteiger partial charge in [-0.25, -0.2) is 14.5 Å². The highest BCUT2D eigenvalue weighted by Gasteiger charge is 2.30. The second-order valence-corrected chi connectivity index (χ2v) is 11.3. The molecule has 41 heavy (non-hydrogen) atoms. The van der Waals surface area contributed by atoms with Crippen LogP contribution < -0.4 is 16.6 Å². The van der Waals surface area contributed by atoms with Crippen LogP contribution in [-0.4, -0.2) is 68.6 Å². The van der Waals surface area contributed by atoms with Gasteiger partial charge in [0.2, 0.25) is 5.82 Å². The highest BCUT2D eigenvalue weighted by atomic mass is 16.5. The van der Waals surface area contributed by atoms with Crippen molar-refractivity contribution in [2.24, 2.45) is 0 Å². The molecule has 7 rings (SSSR count). The van der Waals surface area contributed by atoms with Crippen LogP contribution in [0, 0.1) is 0 Å². The zero-order chi connectivity index (χ0) is 27.8. The Labute approximate surface area is 237 Å². The molecule has 1 aliphatic carbocycles. The quantitative estimate of drug-likeness (QED) is 0.381. The highest BCUT2D eigenvalue weighted by Crippen LogP contribution is 2.33. The lowest BCUT2D eigenvalue weighted by atomic mass is 10.1. The van der Waals surface area contributed by atoms with E-state index in [4.69, 9.17) is 14.3 Å². The summed E-state index contributed by atoms with van der Waals surface area (Å²) in [6, 6.07) is 12.0. The number of rotatable bonds is 6. The molecule has 2 aromatic rings. The molecular formula is C30H35N7O4. The van der Waals surface area contributed by atoms with Crippen molar-refractivity contribution in [3.63, 3.8) is 0 Å². The molecule has 2 saturated heterocycles. The smallest absolute Gasteiger partial charge is 0.352 e. The molecule has 11 heteroatoms. The zero-order valence-electron chi connectivity index (χ0n) is 23.1. The number of hydrogen-bond donors (Lipinski definition) is 1. The van der Waals surface area contributed by atoms with Crippen molar-refractivity contribution in [3.05, 3.63) is 62.8 Å². The molecule has 3 fully saturated rings. The van der Waals surface area contributed by atoms with Crippen molar-refractivity contribution in [2.75, 3.05) is 39.4 Å². The van der Waals surface area contributed by atoms with E-state index in [1.54, 1.807) is 4.68 Å². The Morgan fingerprint density at radius 3 is 2.34 bits per heavy atom. The third-order valence-corrected chi connectivity index (χ3v) is 8.60. The molecule has 0 unspecified atom stereocenters. The van der Waals surface area contributed by atoms with Crippen LogP contribution in [0.1, 0.15) is 56.2 Å². The van der Waals surface area contributed by atoms with E-state index in [1.807, 2.05) is 12.1 Å². The van der Waals surface area contributed by atoms with Crippen LogP contribution in [-0.2, 0) is 11.3 Å². The standard InChI is InChI=1S/C30H35N7O4/c38-29-26-28(33-30(39)36(29)22-11-13-31-14-12-22)37(23-3-1-2-4-23)34-27(32-26)25-10-9-24(41-25)21-7-5-20(6-8-21)19-35-15-17-40-18-16-35/h5-10,22-23,31H,1-4,11-19H2. The largest absolute Gasteiger partial charge is 0.453 e. The number of hydrogen-bond acceptors (Lipinski definition) is 9. The summed E-state index contributed by atoms with van der Waals surface area (Å²) in [5, 5.41) is 8.09. The van der Waals surface area contributed by atoms with Gasteiger partial charge in [0, 0.05) is 31.2 Å². The van der Waals surface area contributed by atoms with Crippen LogP contribution in [0.15, 0.2) is 50.4 Å². The number of nitrogens with one attached hydrogen (secondary N) is 1. The number of ether oxygens (including phenoxy) is 1. The molecule has 0 radical (unpaired) electrons. The van der Waals surface area contributed by atoms with E-state index in [9.17, 15) is 9.59 Å². The van der Waals surface area contributed by atoms with E-state index >= 15 is 0 Å². The average Bonchev–Trinajstić information content (AvgIpc) is 3.72. The lowest BCUT2D eigenvalue weighted by Gasteiger charge is -2.26. The van der Waals surface area contributed by atoms with Gasteiger partial charge in [0.25, 0.3) is 5.56 Å². The van der Waals surface area contributed by atoms with E-state index in [1.165, 1.54) is 10.1 Å². The summed E-state index contributed by atoms with van der Waals surface area (Å²) in [6.07, 6.45) is 5.39. The SMILES string of the molecule is O=c1nc2n(C3CCCC3)nc(-c3ccc(-c4ccc(CN5CCOCC5)cc4)o3)nc-2c(=O)n1C1CCNCC1. The summed E-state index contributed by atoms with van der Waals surface area (Å²) in [5.74, 6) is 1.77. The maximum absolute atomic E-state index is 13.8. The molecule has 1 aromatic carbocycles. The Morgan fingerprint density at radius 2 is 1.59 bits per heavy atom. The summed E-state index contributed by atoms with van der Waals surface area (Å²) in [6.45, 7) is 5.88. The lowest BCUT2D eigenvalue weighted by molar-refractivity contribution is 0.0342. The van der Waals surface area contributed by atoms with Crippen molar-refractivity contribution in [1.29, 1.82) is 0 Å². The fourth-order valence-electron chi connectivity index (χ4n) is 6.33. The Kier molecular flexibility index (Phi) is 7.24. The van der Waals surface area contributed by atoms with Crippen molar-refractivity contribution in [3.8, 4) is 34.4 Å². The van der Waals surface area contributed by atoms with Crippen molar-refractivity contribution in [1.82, 2.24) is 34.5 Å². The van der Waals surface area contributed by atoms with Gasteiger partial charge in [-0.3, -0.25) is 14.3 Å². The Balaban J connectivity index is 1.24. The summed E-state index contributed by atoms with van der Waals surface area (Å²) in [4.78, 5) is 38.3. The van der Waals surface area contributed by atoms with Gasteiger partial charge < -0.3 is 14.5 Å². The van der Waals surface area contributed by atoms with E-state index < -0.39 is 11.2 Å². The monoisotopic (exact) mass is 557 g/mol. The van der Waals surface area contributed by atoms with E-state index in [0.29, 0.717) is 30.2 Å². The summed E-state index contributed by atoms with van der Waals surface area (Å²) in [7, 11) is 0. The Hall–Kier alpha value is -3.67.